The first kappa shape index (κ1) is 14.3. The average Bonchev–Trinajstić information content (AvgIpc) is 2.13. The zero-order valence-electron chi connectivity index (χ0n) is 12.4. The number of hydrogen-bond donors (Lipinski definition) is 0. The molecule has 0 bridgehead atoms. The summed E-state index contributed by atoms with van der Waals surface area (Å²) >= 11 is 0. The van der Waals surface area contributed by atoms with Gasteiger partial charge in [-0.3, -0.25) is 4.90 Å². The van der Waals surface area contributed by atoms with Crippen LogP contribution in [0.4, 0.5) is 0 Å². The molecule has 17 heavy (non-hydrogen) atoms. The highest BCUT2D eigenvalue weighted by Gasteiger charge is 2.45. The van der Waals surface area contributed by atoms with Crippen molar-refractivity contribution in [3.8, 4) is 6.19 Å². The summed E-state index contributed by atoms with van der Waals surface area (Å²) in [6, 6.07) is 0.654. The summed E-state index contributed by atoms with van der Waals surface area (Å²) in [5, 5.41) is 9.32. The van der Waals surface area contributed by atoms with Crippen molar-refractivity contribution in [2.24, 2.45) is 0 Å². The molecule has 1 heterocycles. The van der Waals surface area contributed by atoms with Gasteiger partial charge in [-0.05, 0) is 61.4 Å². The Hall–Kier alpha value is -0.750. The van der Waals surface area contributed by atoms with Crippen molar-refractivity contribution in [3.05, 3.63) is 0 Å². The SMILES string of the molecule is CC(C)N(C#N)C1CC(C)(C)N(C)C(C)(C)C1. The highest BCUT2D eigenvalue weighted by Crippen LogP contribution is 2.39. The van der Waals surface area contributed by atoms with Crippen LogP contribution >= 0.6 is 0 Å². The molecule has 0 aromatic heterocycles. The molecule has 0 radical (unpaired) electrons. The quantitative estimate of drug-likeness (QED) is 0.546. The van der Waals surface area contributed by atoms with Crippen molar-refractivity contribution < 1.29 is 0 Å². The molecule has 1 aliphatic heterocycles. The third kappa shape index (κ3) is 2.74. The summed E-state index contributed by atoms with van der Waals surface area (Å²) in [6.07, 6.45) is 4.48. The Morgan fingerprint density at radius 3 is 1.88 bits per heavy atom. The third-order valence-electron chi connectivity index (χ3n) is 4.35. The second-order valence-corrected chi connectivity index (χ2v) is 6.85. The van der Waals surface area contributed by atoms with E-state index in [0.717, 1.165) is 12.8 Å². The molecule has 1 rings (SSSR count). The first-order valence-electron chi connectivity index (χ1n) is 6.54. The summed E-state index contributed by atoms with van der Waals surface area (Å²) in [5.74, 6) is 0. The van der Waals surface area contributed by atoms with Crippen molar-refractivity contribution in [2.45, 2.75) is 77.5 Å². The lowest BCUT2D eigenvalue weighted by Gasteiger charge is -2.55. The van der Waals surface area contributed by atoms with Gasteiger partial charge in [0.2, 0.25) is 0 Å². The summed E-state index contributed by atoms with van der Waals surface area (Å²) < 4.78 is 0. The number of piperidine rings is 1. The standard InChI is InChI=1S/C14H27N3/c1-11(2)17(10-15)12-8-13(3,4)16(7)14(5,6)9-12/h11-12H,8-9H2,1-7H3. The topological polar surface area (TPSA) is 30.3 Å². The molecule has 0 N–H and O–H groups in total. The van der Waals surface area contributed by atoms with Gasteiger partial charge in [-0.2, -0.15) is 5.26 Å². The van der Waals surface area contributed by atoms with Gasteiger partial charge in [0, 0.05) is 23.2 Å². The lowest BCUT2D eigenvalue weighted by molar-refractivity contribution is -0.0411. The van der Waals surface area contributed by atoms with Crippen molar-refractivity contribution in [2.75, 3.05) is 7.05 Å². The van der Waals surface area contributed by atoms with Gasteiger partial charge in [0.05, 0.1) is 0 Å². The number of nitriles is 1. The molecule has 1 saturated heterocycles. The van der Waals surface area contributed by atoms with E-state index >= 15 is 0 Å². The predicted octanol–water partition coefficient (Wildman–Crippen LogP) is 2.83. The zero-order chi connectivity index (χ0) is 13.4. The van der Waals surface area contributed by atoms with Crippen LogP contribution in [0.5, 0.6) is 0 Å². The van der Waals surface area contributed by atoms with E-state index in [2.05, 4.69) is 59.7 Å². The second kappa shape index (κ2) is 4.49. The fourth-order valence-electron chi connectivity index (χ4n) is 3.13. The van der Waals surface area contributed by atoms with Gasteiger partial charge in [0.15, 0.2) is 6.19 Å². The fourth-order valence-corrected chi connectivity index (χ4v) is 3.13. The molecule has 3 heteroatoms. The average molecular weight is 237 g/mol. The molecule has 0 unspecified atom stereocenters. The van der Waals surface area contributed by atoms with Crippen LogP contribution in [-0.4, -0.2) is 40.0 Å². The lowest BCUT2D eigenvalue weighted by Crippen LogP contribution is -2.62. The van der Waals surface area contributed by atoms with Gasteiger partial charge in [-0.25, -0.2) is 0 Å². The van der Waals surface area contributed by atoms with Crippen LogP contribution in [-0.2, 0) is 0 Å². The number of likely N-dealkylation sites (tertiary alicyclic amines) is 1. The van der Waals surface area contributed by atoms with E-state index in [-0.39, 0.29) is 11.1 Å². The van der Waals surface area contributed by atoms with E-state index in [1.165, 1.54) is 0 Å². The Morgan fingerprint density at radius 2 is 1.59 bits per heavy atom. The minimum Gasteiger partial charge on any atom is -0.305 e. The van der Waals surface area contributed by atoms with E-state index in [9.17, 15) is 5.26 Å². The zero-order valence-corrected chi connectivity index (χ0v) is 12.4. The molecule has 0 aromatic carbocycles. The van der Waals surface area contributed by atoms with Gasteiger partial charge in [-0.15, -0.1) is 0 Å². The van der Waals surface area contributed by atoms with Gasteiger partial charge in [0.25, 0.3) is 0 Å². The summed E-state index contributed by atoms with van der Waals surface area (Å²) in [7, 11) is 2.20. The first-order chi connectivity index (χ1) is 7.62. The van der Waals surface area contributed by atoms with E-state index in [1.54, 1.807) is 0 Å². The van der Waals surface area contributed by atoms with Crippen LogP contribution < -0.4 is 0 Å². The number of hydrogen-bond acceptors (Lipinski definition) is 3. The van der Waals surface area contributed by atoms with Crippen LogP contribution in [0.3, 0.4) is 0 Å². The van der Waals surface area contributed by atoms with Crippen molar-refractivity contribution in [1.29, 1.82) is 5.26 Å². The Labute approximate surface area is 106 Å². The van der Waals surface area contributed by atoms with Crippen LogP contribution in [0, 0.1) is 11.5 Å². The molecule has 98 valence electrons. The Bertz CT molecular complexity index is 294. The van der Waals surface area contributed by atoms with Gasteiger partial charge >= 0.3 is 0 Å². The molecule has 1 fully saturated rings. The fraction of sp³-hybridized carbons (Fsp3) is 0.929. The van der Waals surface area contributed by atoms with E-state index in [0.29, 0.717) is 12.1 Å². The smallest absolute Gasteiger partial charge is 0.179 e. The highest BCUT2D eigenvalue weighted by atomic mass is 15.3. The predicted molar refractivity (Wildman–Crippen MR) is 71.5 cm³/mol. The molecule has 0 aliphatic carbocycles. The Morgan fingerprint density at radius 1 is 1.18 bits per heavy atom. The molecule has 0 spiro atoms. The maximum atomic E-state index is 9.32. The summed E-state index contributed by atoms with van der Waals surface area (Å²) in [6.45, 7) is 13.3. The largest absolute Gasteiger partial charge is 0.305 e. The maximum absolute atomic E-state index is 9.32. The van der Waals surface area contributed by atoms with E-state index in [1.807, 2.05) is 4.90 Å². The lowest BCUT2D eigenvalue weighted by atomic mass is 9.77. The Kier molecular flexibility index (Phi) is 3.78. The molecule has 1 aliphatic rings. The molecule has 0 saturated carbocycles. The third-order valence-corrected chi connectivity index (χ3v) is 4.35. The number of rotatable bonds is 2. The Balaban J connectivity index is 2.96. The van der Waals surface area contributed by atoms with Gasteiger partial charge < -0.3 is 4.90 Å². The van der Waals surface area contributed by atoms with E-state index in [4.69, 9.17) is 0 Å². The van der Waals surface area contributed by atoms with Crippen molar-refractivity contribution in [3.63, 3.8) is 0 Å². The summed E-state index contributed by atoms with van der Waals surface area (Å²) in [4.78, 5) is 4.42. The van der Waals surface area contributed by atoms with Crippen molar-refractivity contribution in [1.82, 2.24) is 9.80 Å². The van der Waals surface area contributed by atoms with Gasteiger partial charge in [0.1, 0.15) is 0 Å². The molecule has 0 atom stereocenters. The van der Waals surface area contributed by atoms with Gasteiger partial charge in [-0.1, -0.05) is 0 Å². The number of nitrogens with zero attached hydrogens (tertiary/aromatic N) is 3. The van der Waals surface area contributed by atoms with Crippen LogP contribution in [0.25, 0.3) is 0 Å². The second-order valence-electron chi connectivity index (χ2n) is 6.85. The normalized spacial score (nSPS) is 24.6. The van der Waals surface area contributed by atoms with Crippen LogP contribution in [0.15, 0.2) is 0 Å². The molecule has 0 aromatic rings. The monoisotopic (exact) mass is 237 g/mol. The van der Waals surface area contributed by atoms with Crippen LogP contribution in [0.2, 0.25) is 0 Å². The minimum absolute atomic E-state index is 0.149. The van der Waals surface area contributed by atoms with Crippen LogP contribution in [0.1, 0.15) is 54.4 Å². The molecule has 0 amide bonds. The molecule has 3 nitrogen and oxygen atoms in total. The highest BCUT2D eigenvalue weighted by molar-refractivity contribution is 5.03. The summed E-state index contributed by atoms with van der Waals surface area (Å²) in [5.41, 5.74) is 0.298. The molecular formula is C14H27N3. The first-order valence-corrected chi connectivity index (χ1v) is 6.54. The van der Waals surface area contributed by atoms with Crippen molar-refractivity contribution >= 4 is 0 Å². The van der Waals surface area contributed by atoms with E-state index < -0.39 is 0 Å². The molecular weight excluding hydrogens is 210 g/mol. The maximum Gasteiger partial charge on any atom is 0.179 e. The minimum atomic E-state index is 0.149.